The molecule has 0 aliphatic rings. The second-order valence-electron chi connectivity index (χ2n) is 4.78. The van der Waals surface area contributed by atoms with E-state index in [2.05, 4.69) is 26.5 Å². The molecule has 0 saturated heterocycles. The zero-order valence-corrected chi connectivity index (χ0v) is 14.2. The zero-order chi connectivity index (χ0) is 18.4. The number of ether oxygens (including phenoxy) is 1. The number of alkyl halides is 3. The quantitative estimate of drug-likeness (QED) is 0.361. The van der Waals surface area contributed by atoms with E-state index in [9.17, 15) is 18.0 Å². The standard InChI is InChI=1S/C17H13F3N2O2S/c1-24-15(23)9-12-6-4-3-5-11(12)7-8-14-13(17(18,19)20)10-21-16(22-14)25-2/h3-6,10H,9H2,1-2H3. The number of aromatic nitrogens is 2. The van der Waals surface area contributed by atoms with Gasteiger partial charge in [-0.15, -0.1) is 0 Å². The molecular weight excluding hydrogens is 353 g/mol. The van der Waals surface area contributed by atoms with Crippen LogP contribution in [0.2, 0.25) is 0 Å². The molecule has 8 heteroatoms. The van der Waals surface area contributed by atoms with Crippen molar-refractivity contribution in [1.82, 2.24) is 9.97 Å². The number of carbonyl (C=O) groups is 1. The Hall–Kier alpha value is -2.53. The summed E-state index contributed by atoms with van der Waals surface area (Å²) in [5.41, 5.74) is -0.400. The molecular formula is C17H13F3N2O2S. The molecule has 0 aliphatic heterocycles. The van der Waals surface area contributed by atoms with Crippen molar-refractivity contribution in [2.75, 3.05) is 13.4 Å². The average molecular weight is 366 g/mol. The van der Waals surface area contributed by atoms with Gasteiger partial charge in [-0.3, -0.25) is 4.79 Å². The molecule has 2 rings (SSSR count). The van der Waals surface area contributed by atoms with Crippen LogP contribution >= 0.6 is 11.8 Å². The molecule has 25 heavy (non-hydrogen) atoms. The summed E-state index contributed by atoms with van der Waals surface area (Å²) >= 11 is 1.12. The van der Waals surface area contributed by atoms with Crippen molar-refractivity contribution in [3.63, 3.8) is 0 Å². The number of hydrogen-bond acceptors (Lipinski definition) is 5. The van der Waals surface area contributed by atoms with Crippen LogP contribution in [0, 0.1) is 11.8 Å². The van der Waals surface area contributed by atoms with Gasteiger partial charge in [-0.1, -0.05) is 35.9 Å². The fourth-order valence-corrected chi connectivity index (χ4v) is 2.26. The van der Waals surface area contributed by atoms with Crippen molar-refractivity contribution in [2.45, 2.75) is 17.8 Å². The molecule has 0 atom stereocenters. The van der Waals surface area contributed by atoms with Crippen LogP contribution in [0.3, 0.4) is 0 Å². The lowest BCUT2D eigenvalue weighted by Crippen LogP contribution is -2.10. The first-order valence-corrected chi connectivity index (χ1v) is 8.22. The van der Waals surface area contributed by atoms with Crippen LogP contribution in [0.15, 0.2) is 35.6 Å². The number of nitrogens with zero attached hydrogens (tertiary/aromatic N) is 2. The number of rotatable bonds is 3. The molecule has 1 aromatic heterocycles. The lowest BCUT2D eigenvalue weighted by Gasteiger charge is -2.08. The van der Waals surface area contributed by atoms with Gasteiger partial charge in [-0.25, -0.2) is 9.97 Å². The number of thioether (sulfide) groups is 1. The van der Waals surface area contributed by atoms with Crippen LogP contribution in [0.4, 0.5) is 13.2 Å². The summed E-state index contributed by atoms with van der Waals surface area (Å²) in [6.45, 7) is 0. The van der Waals surface area contributed by atoms with Crippen molar-refractivity contribution >= 4 is 17.7 Å². The Morgan fingerprint density at radius 2 is 2.00 bits per heavy atom. The smallest absolute Gasteiger partial charge is 0.420 e. The highest BCUT2D eigenvalue weighted by atomic mass is 32.2. The third kappa shape index (κ3) is 4.97. The molecule has 0 radical (unpaired) electrons. The average Bonchev–Trinajstić information content (AvgIpc) is 2.59. The first-order valence-electron chi connectivity index (χ1n) is 7.00. The highest BCUT2D eigenvalue weighted by molar-refractivity contribution is 7.98. The number of esters is 1. The molecule has 130 valence electrons. The first-order chi connectivity index (χ1) is 11.8. The van der Waals surface area contributed by atoms with Crippen molar-refractivity contribution in [1.29, 1.82) is 0 Å². The monoisotopic (exact) mass is 366 g/mol. The Morgan fingerprint density at radius 1 is 1.28 bits per heavy atom. The van der Waals surface area contributed by atoms with Crippen LogP contribution < -0.4 is 0 Å². The molecule has 0 saturated carbocycles. The fraction of sp³-hybridized carbons (Fsp3) is 0.235. The molecule has 1 heterocycles. The normalized spacial score (nSPS) is 10.8. The van der Waals surface area contributed by atoms with Crippen molar-refractivity contribution in [2.24, 2.45) is 0 Å². The Balaban J connectivity index is 2.47. The Bertz CT molecular complexity index is 842. The maximum atomic E-state index is 13.1. The number of halogens is 3. The van der Waals surface area contributed by atoms with Crippen LogP contribution in [-0.4, -0.2) is 29.3 Å². The van der Waals surface area contributed by atoms with E-state index in [-0.39, 0.29) is 11.6 Å². The highest BCUT2D eigenvalue weighted by Crippen LogP contribution is 2.31. The van der Waals surface area contributed by atoms with Gasteiger partial charge in [0.2, 0.25) is 0 Å². The van der Waals surface area contributed by atoms with Gasteiger partial charge < -0.3 is 4.74 Å². The van der Waals surface area contributed by atoms with E-state index in [0.717, 1.165) is 18.0 Å². The summed E-state index contributed by atoms with van der Waals surface area (Å²) in [7, 11) is 1.26. The maximum absolute atomic E-state index is 13.1. The molecule has 0 fully saturated rings. The maximum Gasteiger partial charge on any atom is 0.420 e. The third-order valence-electron chi connectivity index (χ3n) is 3.15. The molecule has 0 aliphatic carbocycles. The van der Waals surface area contributed by atoms with Gasteiger partial charge in [-0.05, 0) is 23.8 Å². The minimum Gasteiger partial charge on any atom is -0.469 e. The molecule has 1 aromatic carbocycles. The molecule has 0 N–H and O–H groups in total. The first kappa shape index (κ1) is 18.8. The van der Waals surface area contributed by atoms with Gasteiger partial charge in [-0.2, -0.15) is 13.2 Å². The van der Waals surface area contributed by atoms with E-state index < -0.39 is 23.4 Å². The van der Waals surface area contributed by atoms with Gasteiger partial charge in [0.15, 0.2) is 5.16 Å². The van der Waals surface area contributed by atoms with Crippen molar-refractivity contribution < 1.29 is 22.7 Å². The van der Waals surface area contributed by atoms with E-state index in [1.165, 1.54) is 7.11 Å². The summed E-state index contributed by atoms with van der Waals surface area (Å²) in [4.78, 5) is 18.9. The minimum atomic E-state index is -4.60. The number of hydrogen-bond donors (Lipinski definition) is 0. The Labute approximate surface area is 146 Å². The lowest BCUT2D eigenvalue weighted by atomic mass is 10.0. The van der Waals surface area contributed by atoms with Crippen molar-refractivity contribution in [3.8, 4) is 11.8 Å². The van der Waals surface area contributed by atoms with Crippen LogP contribution in [0.1, 0.15) is 22.4 Å². The van der Waals surface area contributed by atoms with E-state index in [4.69, 9.17) is 0 Å². The topological polar surface area (TPSA) is 52.1 Å². The SMILES string of the molecule is COC(=O)Cc1ccccc1C#Cc1nc(SC)ncc1C(F)(F)F. The van der Waals surface area contributed by atoms with Gasteiger partial charge in [0, 0.05) is 11.8 Å². The van der Waals surface area contributed by atoms with Gasteiger partial charge in [0.05, 0.1) is 13.5 Å². The van der Waals surface area contributed by atoms with Crippen molar-refractivity contribution in [3.05, 3.63) is 52.8 Å². The lowest BCUT2D eigenvalue weighted by molar-refractivity contribution is -0.140. The molecule has 0 amide bonds. The van der Waals surface area contributed by atoms with E-state index in [1.54, 1.807) is 30.5 Å². The summed E-state index contributed by atoms with van der Waals surface area (Å²) < 4.78 is 43.9. The largest absolute Gasteiger partial charge is 0.469 e. The van der Waals surface area contributed by atoms with E-state index in [1.807, 2.05) is 0 Å². The second-order valence-corrected chi connectivity index (χ2v) is 5.55. The molecule has 0 bridgehead atoms. The molecule has 4 nitrogen and oxygen atoms in total. The number of carbonyl (C=O) groups excluding carboxylic acids is 1. The predicted molar refractivity (Wildman–Crippen MR) is 87.0 cm³/mol. The van der Waals surface area contributed by atoms with Crippen LogP contribution in [0.25, 0.3) is 0 Å². The predicted octanol–water partition coefficient (Wildman–Crippen LogP) is 3.33. The molecule has 0 spiro atoms. The Morgan fingerprint density at radius 3 is 2.64 bits per heavy atom. The second kappa shape index (κ2) is 8.03. The summed E-state index contributed by atoms with van der Waals surface area (Å²) in [5, 5.41) is 0.195. The van der Waals surface area contributed by atoms with E-state index in [0.29, 0.717) is 11.1 Å². The highest BCUT2D eigenvalue weighted by Gasteiger charge is 2.34. The van der Waals surface area contributed by atoms with Crippen LogP contribution in [0.5, 0.6) is 0 Å². The zero-order valence-electron chi connectivity index (χ0n) is 13.3. The van der Waals surface area contributed by atoms with E-state index >= 15 is 0 Å². The summed E-state index contributed by atoms with van der Waals surface area (Å²) in [6.07, 6.45) is -2.24. The molecule has 2 aromatic rings. The van der Waals surface area contributed by atoms with Gasteiger partial charge in [0.25, 0.3) is 0 Å². The summed E-state index contributed by atoms with van der Waals surface area (Å²) in [6, 6.07) is 6.68. The minimum absolute atomic E-state index is 0.0205. The van der Waals surface area contributed by atoms with Gasteiger partial charge >= 0.3 is 12.1 Å². The molecule has 0 unspecified atom stereocenters. The third-order valence-corrected chi connectivity index (χ3v) is 3.71. The number of benzene rings is 1. The number of methoxy groups -OCH3 is 1. The Kier molecular flexibility index (Phi) is 6.04. The fourth-order valence-electron chi connectivity index (χ4n) is 1.92. The van der Waals surface area contributed by atoms with Gasteiger partial charge in [0.1, 0.15) is 11.3 Å². The summed E-state index contributed by atoms with van der Waals surface area (Å²) in [5.74, 6) is 4.66. The van der Waals surface area contributed by atoms with Crippen LogP contribution in [-0.2, 0) is 22.1 Å².